The van der Waals surface area contributed by atoms with Crippen molar-refractivity contribution < 1.29 is 5.11 Å². The number of aromatic nitrogens is 6. The number of rotatable bonds is 8. The van der Waals surface area contributed by atoms with Crippen LogP contribution in [0, 0.1) is 0 Å². The van der Waals surface area contributed by atoms with Gasteiger partial charge in [0.1, 0.15) is 6.33 Å². The molecular weight excluding hydrogens is 464 g/mol. The van der Waals surface area contributed by atoms with Gasteiger partial charge in [0, 0.05) is 45.1 Å². The van der Waals surface area contributed by atoms with Crippen molar-refractivity contribution in [3.05, 3.63) is 103 Å². The number of aliphatic hydroxyl groups is 1. The highest BCUT2D eigenvalue weighted by Gasteiger charge is 2.27. The second-order valence-corrected chi connectivity index (χ2v) is 9.43. The van der Waals surface area contributed by atoms with E-state index >= 15 is 0 Å². The van der Waals surface area contributed by atoms with E-state index in [2.05, 4.69) is 90.5 Å². The third kappa shape index (κ3) is 5.01. The molecular formula is C28H30N8O. The molecule has 0 aliphatic carbocycles. The Labute approximate surface area is 216 Å². The van der Waals surface area contributed by atoms with E-state index in [0.717, 1.165) is 26.2 Å². The van der Waals surface area contributed by atoms with Gasteiger partial charge in [-0.15, -0.1) is 0 Å². The first-order chi connectivity index (χ1) is 18.3. The molecule has 1 aromatic heterocycles. The smallest absolute Gasteiger partial charge is 0.184 e. The van der Waals surface area contributed by atoms with Crippen LogP contribution in [0.4, 0.5) is 0 Å². The first-order valence-electron chi connectivity index (χ1n) is 12.7. The Hall–Kier alpha value is -3.92. The lowest BCUT2D eigenvalue weighted by Crippen LogP contribution is -2.50. The Balaban J connectivity index is 1.10. The summed E-state index contributed by atoms with van der Waals surface area (Å²) in [6.45, 7) is 4.68. The molecule has 0 unspecified atom stereocenters. The summed E-state index contributed by atoms with van der Waals surface area (Å²) >= 11 is 0. The lowest BCUT2D eigenvalue weighted by Gasteiger charge is -2.40. The Morgan fingerprint density at radius 2 is 1.49 bits per heavy atom. The molecule has 0 radical (unpaired) electrons. The molecule has 6 rings (SSSR count). The summed E-state index contributed by atoms with van der Waals surface area (Å²) in [5.74, 6) is 1.32. The van der Waals surface area contributed by atoms with E-state index in [1.807, 2.05) is 16.8 Å². The predicted octanol–water partition coefficient (Wildman–Crippen LogP) is 2.73. The molecule has 0 bridgehead atoms. The van der Waals surface area contributed by atoms with E-state index in [0.29, 0.717) is 30.4 Å². The first kappa shape index (κ1) is 23.5. The zero-order chi connectivity index (χ0) is 25.0. The van der Waals surface area contributed by atoms with Crippen molar-refractivity contribution in [3.63, 3.8) is 0 Å². The number of benzene rings is 2. The fraction of sp³-hybridized carbons (Fsp3) is 0.286. The van der Waals surface area contributed by atoms with Crippen molar-refractivity contribution in [1.82, 2.24) is 39.1 Å². The van der Waals surface area contributed by atoms with Crippen molar-refractivity contribution in [2.45, 2.75) is 18.7 Å². The van der Waals surface area contributed by atoms with Gasteiger partial charge in [0.15, 0.2) is 17.3 Å². The maximum Gasteiger partial charge on any atom is 0.184 e. The fourth-order valence-electron chi connectivity index (χ4n) is 5.24. The first-order valence-corrected chi connectivity index (χ1v) is 12.7. The summed E-state index contributed by atoms with van der Waals surface area (Å²) in [5.41, 5.74) is 3.29. The Kier molecular flexibility index (Phi) is 6.72. The summed E-state index contributed by atoms with van der Waals surface area (Å²) < 4.78 is 3.55. The average molecular weight is 495 g/mol. The maximum atomic E-state index is 11.0. The van der Waals surface area contributed by atoms with Gasteiger partial charge in [-0.2, -0.15) is 5.10 Å². The van der Waals surface area contributed by atoms with E-state index in [1.165, 1.54) is 17.5 Å². The second-order valence-electron chi connectivity index (χ2n) is 9.43. The van der Waals surface area contributed by atoms with Crippen molar-refractivity contribution >= 4 is 0 Å². The molecule has 2 aromatic carbocycles. The van der Waals surface area contributed by atoms with Crippen LogP contribution in [0.2, 0.25) is 0 Å². The van der Waals surface area contributed by atoms with Gasteiger partial charge in [-0.3, -0.25) is 9.80 Å². The summed E-state index contributed by atoms with van der Waals surface area (Å²) in [6, 6.07) is 23.5. The van der Waals surface area contributed by atoms with Gasteiger partial charge < -0.3 is 9.67 Å². The van der Waals surface area contributed by atoms with Crippen LogP contribution in [-0.2, 0) is 6.54 Å². The van der Waals surface area contributed by atoms with E-state index in [1.54, 1.807) is 17.2 Å². The Morgan fingerprint density at radius 3 is 2.14 bits per heavy atom. The average Bonchev–Trinajstić information content (AvgIpc) is 3.65. The lowest BCUT2D eigenvalue weighted by molar-refractivity contribution is 0.0555. The lowest BCUT2D eigenvalue weighted by atomic mass is 9.96. The van der Waals surface area contributed by atoms with Gasteiger partial charge in [0.05, 0.1) is 25.0 Å². The number of β-amino-alcohol motifs (C(OH)–C–C–N with tert-alkyl or cyclic N) is 1. The normalized spacial score (nSPS) is 15.9. The van der Waals surface area contributed by atoms with Crippen molar-refractivity contribution in [3.8, 4) is 17.3 Å². The van der Waals surface area contributed by atoms with Gasteiger partial charge in [-0.25, -0.2) is 19.6 Å². The van der Waals surface area contributed by atoms with Crippen LogP contribution < -0.4 is 0 Å². The highest BCUT2D eigenvalue weighted by Crippen LogP contribution is 2.29. The zero-order valence-electron chi connectivity index (χ0n) is 20.6. The van der Waals surface area contributed by atoms with Crippen LogP contribution in [0.3, 0.4) is 0 Å². The van der Waals surface area contributed by atoms with Gasteiger partial charge in [0.2, 0.25) is 0 Å². The van der Waals surface area contributed by atoms with Gasteiger partial charge in [0.25, 0.3) is 0 Å². The number of piperazine rings is 1. The minimum Gasteiger partial charge on any atom is -0.390 e. The third-order valence-corrected chi connectivity index (χ3v) is 6.98. The number of fused-ring (bicyclic) bond motifs is 1. The molecule has 0 saturated carbocycles. The molecule has 9 heteroatoms. The van der Waals surface area contributed by atoms with Crippen molar-refractivity contribution in [2.24, 2.45) is 0 Å². The Morgan fingerprint density at radius 1 is 0.784 bits per heavy atom. The van der Waals surface area contributed by atoms with Crippen LogP contribution >= 0.6 is 0 Å². The molecule has 1 saturated heterocycles. The SMILES string of the molecule is O[C@@H](CN1CCN(C(c2ccccc2)c2ccccc2)CC1)Cn1cnc(-n2cccn2)c2ncnc1-2. The van der Waals surface area contributed by atoms with Gasteiger partial charge in [-0.1, -0.05) is 60.7 Å². The van der Waals surface area contributed by atoms with Crippen LogP contribution in [-0.4, -0.2) is 83.0 Å². The number of nitrogens with zero attached hydrogens (tertiary/aromatic N) is 8. The van der Waals surface area contributed by atoms with Crippen LogP contribution in [0.1, 0.15) is 17.2 Å². The molecule has 1 fully saturated rings. The third-order valence-electron chi connectivity index (χ3n) is 6.98. The fourth-order valence-corrected chi connectivity index (χ4v) is 5.24. The second kappa shape index (κ2) is 10.6. The van der Waals surface area contributed by atoms with Crippen LogP contribution in [0.25, 0.3) is 17.3 Å². The summed E-state index contributed by atoms with van der Waals surface area (Å²) in [6.07, 6.45) is 6.22. The number of hydrogen-bond acceptors (Lipinski definition) is 7. The molecule has 0 spiro atoms. The molecule has 188 valence electrons. The van der Waals surface area contributed by atoms with E-state index in [9.17, 15) is 5.11 Å². The summed E-state index contributed by atoms with van der Waals surface area (Å²) in [4.78, 5) is 18.2. The summed E-state index contributed by atoms with van der Waals surface area (Å²) in [7, 11) is 0. The van der Waals surface area contributed by atoms with Crippen molar-refractivity contribution in [2.75, 3.05) is 32.7 Å². The standard InChI is InChI=1S/C28H30N8O/c37-24(19-35-21-31-28(36-13-7-12-32-36)25-27(35)30-20-29-25)18-33-14-16-34(17-15-33)26(22-8-3-1-4-9-22)23-10-5-2-6-11-23/h1-13,20-21,24,26,37H,14-19H2/t24-/m0/s1. The highest BCUT2D eigenvalue weighted by molar-refractivity contribution is 5.60. The minimum atomic E-state index is -0.548. The largest absolute Gasteiger partial charge is 0.390 e. The molecule has 1 N–H and O–H groups in total. The molecule has 9 nitrogen and oxygen atoms in total. The predicted molar refractivity (Wildman–Crippen MR) is 140 cm³/mol. The number of hydrogen-bond donors (Lipinski definition) is 1. The van der Waals surface area contributed by atoms with Crippen molar-refractivity contribution in [1.29, 1.82) is 0 Å². The molecule has 3 aliphatic rings. The van der Waals surface area contributed by atoms with E-state index in [-0.39, 0.29) is 6.04 Å². The van der Waals surface area contributed by atoms with E-state index in [4.69, 9.17) is 0 Å². The van der Waals surface area contributed by atoms with Gasteiger partial charge in [-0.05, 0) is 17.2 Å². The molecule has 4 heterocycles. The van der Waals surface area contributed by atoms with E-state index < -0.39 is 6.10 Å². The Bertz CT molecular complexity index is 1320. The molecule has 3 aromatic rings. The van der Waals surface area contributed by atoms with Gasteiger partial charge >= 0.3 is 0 Å². The topological polar surface area (TPSA) is 88.1 Å². The molecule has 0 amide bonds. The number of imidazole rings is 1. The minimum absolute atomic E-state index is 0.230. The highest BCUT2D eigenvalue weighted by atomic mass is 16.3. The summed E-state index contributed by atoms with van der Waals surface area (Å²) in [5, 5.41) is 15.2. The molecule has 37 heavy (non-hydrogen) atoms. The molecule has 1 atom stereocenters. The maximum absolute atomic E-state index is 11.0. The van der Waals surface area contributed by atoms with Crippen LogP contribution in [0.15, 0.2) is 91.8 Å². The zero-order valence-corrected chi connectivity index (χ0v) is 20.6. The quantitative estimate of drug-likeness (QED) is 0.355. The van der Waals surface area contributed by atoms with Crippen LogP contribution in [0.5, 0.6) is 0 Å². The number of aliphatic hydroxyl groups excluding tert-OH is 1. The molecule has 3 aliphatic heterocycles. The monoisotopic (exact) mass is 494 g/mol.